The molecule has 0 aromatic heterocycles. The normalized spacial score (nSPS) is 25.9. The van der Waals surface area contributed by atoms with E-state index in [1.165, 1.54) is 19.3 Å². The summed E-state index contributed by atoms with van der Waals surface area (Å²) in [7, 11) is 0. The smallest absolute Gasteiger partial charge is 0.121 e. The molecule has 1 aliphatic heterocycles. The monoisotopic (exact) mass is 183 g/mol. The van der Waals surface area contributed by atoms with Gasteiger partial charge in [0.2, 0.25) is 0 Å². The van der Waals surface area contributed by atoms with Crippen molar-refractivity contribution >= 4 is 6.29 Å². The number of aldehydes is 1. The molecule has 0 bridgehead atoms. The first-order valence-electron chi connectivity index (χ1n) is 5.26. The number of piperidine rings is 1. The Balaban J connectivity index is 2.61. The minimum absolute atomic E-state index is 0.216. The zero-order valence-electron chi connectivity index (χ0n) is 9.05. The van der Waals surface area contributed by atoms with Gasteiger partial charge in [-0.3, -0.25) is 4.90 Å². The Kier molecular flexibility index (Phi) is 3.48. The largest absolute Gasteiger partial charge is 0.303 e. The van der Waals surface area contributed by atoms with Gasteiger partial charge >= 0.3 is 0 Å². The molecule has 76 valence electrons. The van der Waals surface area contributed by atoms with Crippen molar-refractivity contribution in [2.24, 2.45) is 0 Å². The Hall–Kier alpha value is -0.370. The molecule has 13 heavy (non-hydrogen) atoms. The third kappa shape index (κ3) is 2.80. The predicted molar refractivity (Wildman–Crippen MR) is 54.8 cm³/mol. The summed E-state index contributed by atoms with van der Waals surface area (Å²) in [5.74, 6) is 0. The van der Waals surface area contributed by atoms with E-state index in [0.717, 1.165) is 12.8 Å². The molecule has 0 aromatic carbocycles. The van der Waals surface area contributed by atoms with E-state index in [2.05, 4.69) is 25.7 Å². The minimum atomic E-state index is 0.216. The van der Waals surface area contributed by atoms with Crippen LogP contribution in [0.25, 0.3) is 0 Å². The zero-order chi connectivity index (χ0) is 9.90. The van der Waals surface area contributed by atoms with Crippen molar-refractivity contribution in [2.75, 3.05) is 6.54 Å². The van der Waals surface area contributed by atoms with E-state index in [0.29, 0.717) is 12.5 Å². The SMILES string of the molecule is CC(C)(C)N1CCCCC1CC=O. The first kappa shape index (κ1) is 10.7. The summed E-state index contributed by atoms with van der Waals surface area (Å²) in [6.07, 6.45) is 5.53. The zero-order valence-corrected chi connectivity index (χ0v) is 9.05. The fourth-order valence-electron chi connectivity index (χ4n) is 2.24. The summed E-state index contributed by atoms with van der Waals surface area (Å²) in [5, 5.41) is 0. The molecule has 1 heterocycles. The first-order chi connectivity index (χ1) is 6.05. The Morgan fingerprint density at radius 1 is 1.38 bits per heavy atom. The third-order valence-electron chi connectivity index (χ3n) is 2.86. The van der Waals surface area contributed by atoms with Crippen molar-refractivity contribution in [1.82, 2.24) is 4.90 Å². The Morgan fingerprint density at radius 2 is 2.08 bits per heavy atom. The molecule has 1 unspecified atom stereocenters. The summed E-state index contributed by atoms with van der Waals surface area (Å²) in [6.45, 7) is 7.85. The van der Waals surface area contributed by atoms with Crippen molar-refractivity contribution in [3.8, 4) is 0 Å². The summed E-state index contributed by atoms with van der Waals surface area (Å²) >= 11 is 0. The lowest BCUT2D eigenvalue weighted by Crippen LogP contribution is -2.50. The van der Waals surface area contributed by atoms with Crippen molar-refractivity contribution < 1.29 is 4.79 Å². The molecule has 1 aliphatic rings. The quantitative estimate of drug-likeness (QED) is 0.612. The summed E-state index contributed by atoms with van der Waals surface area (Å²) in [5.41, 5.74) is 0.216. The standard InChI is InChI=1S/C11H21NO/c1-11(2,3)12-8-5-4-6-10(12)7-9-13/h9-10H,4-8H2,1-3H3. The summed E-state index contributed by atoms with van der Waals surface area (Å²) in [4.78, 5) is 13.0. The molecule has 0 saturated carbocycles. The van der Waals surface area contributed by atoms with Crippen LogP contribution in [-0.4, -0.2) is 29.3 Å². The van der Waals surface area contributed by atoms with Gasteiger partial charge in [-0.2, -0.15) is 0 Å². The van der Waals surface area contributed by atoms with Gasteiger partial charge in [0, 0.05) is 18.0 Å². The highest BCUT2D eigenvalue weighted by Crippen LogP contribution is 2.26. The number of nitrogens with zero attached hydrogens (tertiary/aromatic N) is 1. The van der Waals surface area contributed by atoms with Crippen LogP contribution in [-0.2, 0) is 4.79 Å². The van der Waals surface area contributed by atoms with Crippen LogP contribution in [0.3, 0.4) is 0 Å². The highest BCUT2D eigenvalue weighted by molar-refractivity contribution is 5.50. The average molecular weight is 183 g/mol. The maximum atomic E-state index is 10.5. The van der Waals surface area contributed by atoms with Crippen LogP contribution < -0.4 is 0 Å². The van der Waals surface area contributed by atoms with Crippen molar-refractivity contribution in [1.29, 1.82) is 0 Å². The number of rotatable bonds is 2. The van der Waals surface area contributed by atoms with Gasteiger partial charge in [-0.05, 0) is 40.2 Å². The van der Waals surface area contributed by atoms with Crippen LogP contribution >= 0.6 is 0 Å². The molecule has 2 heteroatoms. The molecular weight excluding hydrogens is 162 g/mol. The van der Waals surface area contributed by atoms with Crippen molar-refractivity contribution in [3.63, 3.8) is 0 Å². The number of carbonyl (C=O) groups is 1. The molecule has 2 nitrogen and oxygen atoms in total. The van der Waals surface area contributed by atoms with E-state index < -0.39 is 0 Å². The van der Waals surface area contributed by atoms with Gasteiger partial charge in [0.05, 0.1) is 0 Å². The van der Waals surface area contributed by atoms with Crippen molar-refractivity contribution in [2.45, 2.75) is 58.0 Å². The predicted octanol–water partition coefficient (Wildman–Crippen LogP) is 2.23. The number of carbonyl (C=O) groups excluding carboxylic acids is 1. The van der Waals surface area contributed by atoms with E-state index in [1.54, 1.807) is 0 Å². The van der Waals surface area contributed by atoms with Crippen LogP contribution in [0.4, 0.5) is 0 Å². The second-order valence-corrected chi connectivity index (χ2v) is 4.92. The molecule has 0 aliphatic carbocycles. The Morgan fingerprint density at radius 3 is 2.62 bits per heavy atom. The highest BCUT2D eigenvalue weighted by atomic mass is 16.1. The molecule has 0 spiro atoms. The fraction of sp³-hybridized carbons (Fsp3) is 0.909. The second kappa shape index (κ2) is 4.23. The van der Waals surface area contributed by atoms with Crippen molar-refractivity contribution in [3.05, 3.63) is 0 Å². The molecule has 0 amide bonds. The van der Waals surface area contributed by atoms with Gasteiger partial charge in [0.15, 0.2) is 0 Å². The van der Waals surface area contributed by atoms with E-state index in [4.69, 9.17) is 0 Å². The van der Waals surface area contributed by atoms with Gasteiger partial charge in [-0.25, -0.2) is 0 Å². The average Bonchev–Trinajstić information content (AvgIpc) is 2.04. The van der Waals surface area contributed by atoms with Gasteiger partial charge in [0.25, 0.3) is 0 Å². The highest BCUT2D eigenvalue weighted by Gasteiger charge is 2.30. The van der Waals surface area contributed by atoms with E-state index in [1.807, 2.05) is 0 Å². The topological polar surface area (TPSA) is 20.3 Å². The van der Waals surface area contributed by atoms with E-state index in [-0.39, 0.29) is 5.54 Å². The maximum absolute atomic E-state index is 10.5. The molecule has 0 N–H and O–H groups in total. The molecule has 0 radical (unpaired) electrons. The van der Waals surface area contributed by atoms with Crippen LogP contribution in [0.15, 0.2) is 0 Å². The third-order valence-corrected chi connectivity index (χ3v) is 2.86. The first-order valence-corrected chi connectivity index (χ1v) is 5.26. The van der Waals surface area contributed by atoms with Gasteiger partial charge < -0.3 is 4.79 Å². The van der Waals surface area contributed by atoms with Crippen LogP contribution in [0.5, 0.6) is 0 Å². The number of hydrogen-bond acceptors (Lipinski definition) is 2. The number of likely N-dealkylation sites (tertiary alicyclic amines) is 1. The van der Waals surface area contributed by atoms with E-state index >= 15 is 0 Å². The number of hydrogen-bond donors (Lipinski definition) is 0. The molecule has 1 atom stereocenters. The van der Waals surface area contributed by atoms with Gasteiger partial charge in [-0.1, -0.05) is 6.42 Å². The molecule has 0 aromatic rings. The van der Waals surface area contributed by atoms with Crippen LogP contribution in [0, 0.1) is 0 Å². The van der Waals surface area contributed by atoms with Crippen LogP contribution in [0.1, 0.15) is 46.5 Å². The second-order valence-electron chi connectivity index (χ2n) is 4.92. The Bertz CT molecular complexity index is 171. The molecule has 1 rings (SSSR count). The lowest BCUT2D eigenvalue weighted by Gasteiger charge is -2.44. The summed E-state index contributed by atoms with van der Waals surface area (Å²) in [6, 6.07) is 0.492. The molecule has 1 saturated heterocycles. The van der Waals surface area contributed by atoms with Gasteiger partial charge in [-0.15, -0.1) is 0 Å². The summed E-state index contributed by atoms with van der Waals surface area (Å²) < 4.78 is 0. The van der Waals surface area contributed by atoms with E-state index in [9.17, 15) is 4.79 Å². The lowest BCUT2D eigenvalue weighted by atomic mass is 9.93. The van der Waals surface area contributed by atoms with Crippen LogP contribution in [0.2, 0.25) is 0 Å². The van der Waals surface area contributed by atoms with Gasteiger partial charge in [0.1, 0.15) is 6.29 Å². The molecular formula is C11H21NO. The molecule has 1 fully saturated rings. The fourth-order valence-corrected chi connectivity index (χ4v) is 2.24. The minimum Gasteiger partial charge on any atom is -0.303 e. The Labute approximate surface area is 81.3 Å². The maximum Gasteiger partial charge on any atom is 0.121 e. The lowest BCUT2D eigenvalue weighted by molar-refractivity contribution is -0.109.